The molecule has 0 heterocycles. The van der Waals surface area contributed by atoms with Crippen LogP contribution in [0.25, 0.3) is 0 Å². The average molecular weight is 361 g/mol. The Morgan fingerprint density at radius 3 is 1.04 bits per heavy atom. The van der Waals surface area contributed by atoms with Crippen LogP contribution >= 0.6 is 0 Å². The third kappa shape index (κ3) is 93.2. The number of carboxylic acid groups (broad SMARTS) is 4. The zero-order chi connectivity index (χ0) is 21.0. The van der Waals surface area contributed by atoms with E-state index in [1.165, 1.54) is 5.56 Å². The average Bonchev–Trinajstić information content (AvgIpc) is 2.37. The Morgan fingerprint density at radius 1 is 0.720 bits per heavy atom. The van der Waals surface area contributed by atoms with E-state index in [0.29, 0.717) is 0 Å². The molecule has 0 saturated heterocycles. The van der Waals surface area contributed by atoms with Gasteiger partial charge >= 0.3 is 0 Å². The smallest absolute Gasteiger partial charge is 0.300 e. The van der Waals surface area contributed by atoms with Crippen molar-refractivity contribution in [3.05, 3.63) is 35.9 Å². The number of hydrogen-bond acceptors (Lipinski definition) is 5. The van der Waals surface area contributed by atoms with Gasteiger partial charge in [-0.1, -0.05) is 30.3 Å². The predicted molar refractivity (Wildman–Crippen MR) is 92.3 cm³/mol. The molecule has 0 aromatic heterocycles. The predicted octanol–water partition coefficient (Wildman–Crippen LogP) is 2.07. The summed E-state index contributed by atoms with van der Waals surface area (Å²) < 4.78 is 0. The monoisotopic (exact) mass is 361 g/mol. The van der Waals surface area contributed by atoms with E-state index in [-0.39, 0.29) is 6.04 Å². The van der Waals surface area contributed by atoms with Gasteiger partial charge in [0.1, 0.15) is 0 Å². The molecular formula is C16H27NO8. The topological polar surface area (TPSA) is 175 Å². The summed E-state index contributed by atoms with van der Waals surface area (Å²) >= 11 is 0. The third-order valence-electron chi connectivity index (χ3n) is 1.33. The van der Waals surface area contributed by atoms with Gasteiger partial charge in [0.15, 0.2) is 0 Å². The van der Waals surface area contributed by atoms with Crippen LogP contribution in [0.3, 0.4) is 0 Å². The molecule has 0 spiro atoms. The van der Waals surface area contributed by atoms with Crippen LogP contribution in [0.15, 0.2) is 30.3 Å². The minimum Gasteiger partial charge on any atom is -0.481 e. The molecule has 1 rings (SSSR count). The molecule has 1 aromatic carbocycles. The molecule has 6 N–H and O–H groups in total. The zero-order valence-electron chi connectivity index (χ0n) is 15.0. The molecule has 9 heteroatoms. The first-order valence-electron chi connectivity index (χ1n) is 6.82. The van der Waals surface area contributed by atoms with Gasteiger partial charge in [-0.15, -0.1) is 0 Å². The standard InChI is InChI=1S/C8H11N.4C2H4O2/c1-7(9)8-5-3-2-4-6-8;4*1-2(3)4/h2-7H,9H2,1H3;4*1H3,(H,3,4). The first-order valence-corrected chi connectivity index (χ1v) is 6.82. The summed E-state index contributed by atoms with van der Waals surface area (Å²) in [7, 11) is 0. The second-order valence-electron chi connectivity index (χ2n) is 4.28. The van der Waals surface area contributed by atoms with Crippen molar-refractivity contribution in [3.8, 4) is 0 Å². The molecule has 0 radical (unpaired) electrons. The Bertz CT molecular complexity index is 422. The molecule has 1 aromatic rings. The van der Waals surface area contributed by atoms with E-state index in [1.54, 1.807) is 0 Å². The van der Waals surface area contributed by atoms with Gasteiger partial charge in [-0.05, 0) is 12.5 Å². The van der Waals surface area contributed by atoms with Gasteiger partial charge in [0, 0.05) is 33.7 Å². The lowest BCUT2D eigenvalue weighted by Gasteiger charge is -2.02. The summed E-state index contributed by atoms with van der Waals surface area (Å²) in [6, 6.07) is 10.2. The van der Waals surface area contributed by atoms with E-state index in [2.05, 4.69) is 0 Å². The molecule has 9 nitrogen and oxygen atoms in total. The lowest BCUT2D eigenvalue weighted by Crippen LogP contribution is -2.03. The van der Waals surface area contributed by atoms with Crippen LogP contribution in [0.5, 0.6) is 0 Å². The van der Waals surface area contributed by atoms with Gasteiger partial charge in [-0.2, -0.15) is 0 Å². The number of hydrogen-bond donors (Lipinski definition) is 5. The second kappa shape index (κ2) is 21.1. The molecule has 0 amide bonds. The Balaban J connectivity index is -0.000000119. The van der Waals surface area contributed by atoms with Gasteiger partial charge in [-0.3, -0.25) is 19.2 Å². The number of benzene rings is 1. The minimum absolute atomic E-state index is 0.159. The second-order valence-corrected chi connectivity index (χ2v) is 4.28. The number of carbonyl (C=O) groups is 4. The molecule has 0 fully saturated rings. The van der Waals surface area contributed by atoms with Crippen LogP contribution in [0, 0.1) is 0 Å². The lowest BCUT2D eigenvalue weighted by molar-refractivity contribution is -0.135. The Kier molecular flexibility index (Phi) is 25.3. The van der Waals surface area contributed by atoms with E-state index in [9.17, 15) is 0 Å². The zero-order valence-corrected chi connectivity index (χ0v) is 15.0. The third-order valence-corrected chi connectivity index (χ3v) is 1.33. The summed E-state index contributed by atoms with van der Waals surface area (Å²) in [5, 5.41) is 29.7. The van der Waals surface area contributed by atoms with Crippen LogP contribution in [0.2, 0.25) is 0 Å². The van der Waals surface area contributed by atoms with Crippen LogP contribution in [-0.2, 0) is 19.2 Å². The molecule has 25 heavy (non-hydrogen) atoms. The molecule has 144 valence electrons. The highest BCUT2D eigenvalue weighted by atomic mass is 16.4. The molecule has 0 aliphatic heterocycles. The summed E-state index contributed by atoms with van der Waals surface area (Å²) in [5.41, 5.74) is 6.81. The van der Waals surface area contributed by atoms with Crippen LogP contribution in [0.4, 0.5) is 0 Å². The largest absolute Gasteiger partial charge is 0.481 e. The first-order chi connectivity index (χ1) is 11.2. The van der Waals surface area contributed by atoms with Gasteiger partial charge < -0.3 is 26.2 Å². The van der Waals surface area contributed by atoms with Gasteiger partial charge in [-0.25, -0.2) is 0 Å². The molecule has 0 aliphatic rings. The Hall–Kier alpha value is -2.94. The highest BCUT2D eigenvalue weighted by Crippen LogP contribution is 2.06. The van der Waals surface area contributed by atoms with Crippen molar-refractivity contribution in [2.45, 2.75) is 40.7 Å². The highest BCUT2D eigenvalue weighted by molar-refractivity contribution is 5.63. The van der Waals surface area contributed by atoms with Gasteiger partial charge in [0.2, 0.25) is 0 Å². The van der Waals surface area contributed by atoms with Crippen molar-refractivity contribution >= 4 is 23.9 Å². The van der Waals surface area contributed by atoms with E-state index in [1.807, 2.05) is 37.3 Å². The molecule has 1 unspecified atom stereocenters. The molecule has 1 atom stereocenters. The first kappa shape index (κ1) is 30.0. The Labute approximate surface area is 146 Å². The number of carboxylic acids is 4. The van der Waals surface area contributed by atoms with Gasteiger partial charge in [0.05, 0.1) is 0 Å². The molecule has 0 aliphatic carbocycles. The van der Waals surface area contributed by atoms with Crippen molar-refractivity contribution in [3.63, 3.8) is 0 Å². The maximum atomic E-state index is 9.00. The fraction of sp³-hybridized carbons (Fsp3) is 0.375. The van der Waals surface area contributed by atoms with Gasteiger partial charge in [0.25, 0.3) is 23.9 Å². The van der Waals surface area contributed by atoms with E-state index in [4.69, 9.17) is 45.3 Å². The molecule has 0 bridgehead atoms. The highest BCUT2D eigenvalue weighted by Gasteiger charge is 1.93. The summed E-state index contributed by atoms with van der Waals surface area (Å²) in [4.78, 5) is 36.0. The van der Waals surface area contributed by atoms with Crippen LogP contribution in [-0.4, -0.2) is 44.3 Å². The molecular weight excluding hydrogens is 334 g/mol. The fourth-order valence-electron chi connectivity index (χ4n) is 0.757. The van der Waals surface area contributed by atoms with E-state index >= 15 is 0 Å². The SMILES string of the molecule is CC(=O)O.CC(=O)O.CC(=O)O.CC(=O)O.CC(N)c1ccccc1. The van der Waals surface area contributed by atoms with Crippen molar-refractivity contribution in [1.29, 1.82) is 0 Å². The van der Waals surface area contributed by atoms with Crippen LogP contribution < -0.4 is 5.73 Å². The minimum atomic E-state index is -0.833. The van der Waals surface area contributed by atoms with E-state index < -0.39 is 23.9 Å². The summed E-state index contributed by atoms with van der Waals surface area (Å²) in [6.07, 6.45) is 0. The van der Waals surface area contributed by atoms with E-state index in [0.717, 1.165) is 27.7 Å². The fourth-order valence-corrected chi connectivity index (χ4v) is 0.757. The van der Waals surface area contributed by atoms with Crippen molar-refractivity contribution in [1.82, 2.24) is 0 Å². The lowest BCUT2D eigenvalue weighted by atomic mass is 10.1. The number of nitrogens with two attached hydrogens (primary N) is 1. The Morgan fingerprint density at radius 2 is 0.920 bits per heavy atom. The summed E-state index contributed by atoms with van der Waals surface area (Å²) in [5.74, 6) is -3.33. The maximum absolute atomic E-state index is 9.00. The number of rotatable bonds is 1. The summed E-state index contributed by atoms with van der Waals surface area (Å²) in [6.45, 7) is 6.31. The van der Waals surface area contributed by atoms with Crippen molar-refractivity contribution in [2.75, 3.05) is 0 Å². The quantitative estimate of drug-likeness (QED) is 0.501. The van der Waals surface area contributed by atoms with Crippen LogP contribution in [0.1, 0.15) is 46.2 Å². The van der Waals surface area contributed by atoms with Crippen molar-refractivity contribution < 1.29 is 39.6 Å². The maximum Gasteiger partial charge on any atom is 0.300 e. The number of aliphatic carboxylic acids is 4. The normalized spacial score (nSPS) is 8.72. The molecule has 0 saturated carbocycles. The van der Waals surface area contributed by atoms with Crippen molar-refractivity contribution in [2.24, 2.45) is 5.73 Å².